The minimum Gasteiger partial charge on any atom is -0.351 e. The van der Waals surface area contributed by atoms with E-state index in [9.17, 15) is 9.59 Å². The summed E-state index contributed by atoms with van der Waals surface area (Å²) in [5.74, 6) is -0.139. The van der Waals surface area contributed by atoms with Crippen LogP contribution in [0.3, 0.4) is 0 Å². The molecule has 1 aromatic carbocycles. The molecule has 0 unspecified atom stereocenters. The van der Waals surface area contributed by atoms with Gasteiger partial charge in [0.2, 0.25) is 11.3 Å². The van der Waals surface area contributed by atoms with Crippen molar-refractivity contribution in [1.29, 1.82) is 0 Å². The third-order valence-corrected chi connectivity index (χ3v) is 5.00. The Labute approximate surface area is 147 Å². The Balaban J connectivity index is 1.76. The van der Waals surface area contributed by atoms with Crippen molar-refractivity contribution >= 4 is 39.1 Å². The molecule has 0 bridgehead atoms. The molecule has 0 saturated heterocycles. The van der Waals surface area contributed by atoms with Crippen molar-refractivity contribution in [3.63, 3.8) is 0 Å². The second-order valence-corrected chi connectivity index (χ2v) is 6.90. The molecule has 0 aliphatic heterocycles. The van der Waals surface area contributed by atoms with Crippen LogP contribution in [0.4, 0.5) is 5.69 Å². The van der Waals surface area contributed by atoms with Gasteiger partial charge in [0, 0.05) is 29.9 Å². The minimum absolute atomic E-state index is 0.129. The number of carbonyl (C=O) groups excluding carboxylic acids is 1. The van der Waals surface area contributed by atoms with Gasteiger partial charge in [0.05, 0.1) is 4.47 Å². The number of pyridine rings is 1. The van der Waals surface area contributed by atoms with Crippen LogP contribution in [-0.4, -0.2) is 10.5 Å². The van der Waals surface area contributed by atoms with Crippen LogP contribution in [0, 0.1) is 5.92 Å². The summed E-state index contributed by atoms with van der Waals surface area (Å²) in [5.41, 5.74) is 1.09. The van der Waals surface area contributed by atoms with E-state index in [4.69, 9.17) is 11.6 Å². The Morgan fingerprint density at radius 1 is 1.39 bits per heavy atom. The normalized spacial score (nSPS) is 19.4. The molecule has 0 spiro atoms. The molecule has 23 heavy (non-hydrogen) atoms. The Bertz CT molecular complexity index is 818. The quantitative estimate of drug-likeness (QED) is 0.850. The van der Waals surface area contributed by atoms with E-state index in [-0.39, 0.29) is 23.2 Å². The molecule has 1 aromatic heterocycles. The maximum Gasteiger partial charge on any atom is 0.228 e. The van der Waals surface area contributed by atoms with Crippen molar-refractivity contribution in [3.05, 3.63) is 61.9 Å². The number of benzene rings is 1. The van der Waals surface area contributed by atoms with Gasteiger partial charge in [-0.15, -0.1) is 0 Å². The fourth-order valence-electron chi connectivity index (χ4n) is 2.70. The third kappa shape index (κ3) is 3.35. The molecule has 2 aromatic rings. The number of amides is 1. The summed E-state index contributed by atoms with van der Waals surface area (Å²) in [7, 11) is 0. The molecule has 6 heteroatoms. The lowest BCUT2D eigenvalue weighted by Gasteiger charge is -2.09. The molecule has 0 radical (unpaired) electrons. The summed E-state index contributed by atoms with van der Waals surface area (Å²) in [6.45, 7) is 2.68. The fraction of sp³-hybridized carbons (Fsp3) is 0.294. The zero-order chi connectivity index (χ0) is 16.6. The van der Waals surface area contributed by atoms with Crippen LogP contribution in [0.1, 0.15) is 24.8 Å². The smallest absolute Gasteiger partial charge is 0.228 e. The number of anilines is 1. The molecule has 120 valence electrons. The maximum absolute atomic E-state index is 12.4. The summed E-state index contributed by atoms with van der Waals surface area (Å²) in [6, 6.07) is 7.57. The summed E-state index contributed by atoms with van der Waals surface area (Å²) in [5, 5.41) is 3.45. The summed E-state index contributed by atoms with van der Waals surface area (Å²) in [4.78, 5) is 24.5. The zero-order valence-corrected chi connectivity index (χ0v) is 14.9. The van der Waals surface area contributed by atoms with E-state index in [1.807, 2.05) is 35.8 Å². The standard InChI is InChI=1S/C17H16BrClN2O2/c1-2-21-8-13(18)16(22)15(9-21)20-17(23)12-7-11(12)10-5-3-4-6-14(10)19/h3-6,8-9,11-12H,2,7H2,1H3,(H,20,23)/t11-,12+/m0/s1. The molecule has 1 amide bonds. The van der Waals surface area contributed by atoms with Gasteiger partial charge in [-0.2, -0.15) is 0 Å². The van der Waals surface area contributed by atoms with Crippen LogP contribution in [0.5, 0.6) is 0 Å². The van der Waals surface area contributed by atoms with Gasteiger partial charge in [0.25, 0.3) is 0 Å². The maximum atomic E-state index is 12.4. The van der Waals surface area contributed by atoms with Crippen molar-refractivity contribution in [2.24, 2.45) is 5.92 Å². The monoisotopic (exact) mass is 394 g/mol. The number of nitrogens with zero attached hydrogens (tertiary/aromatic N) is 1. The van der Waals surface area contributed by atoms with Crippen LogP contribution < -0.4 is 10.7 Å². The number of aromatic nitrogens is 1. The molecular weight excluding hydrogens is 380 g/mol. The Morgan fingerprint density at radius 2 is 2.13 bits per heavy atom. The van der Waals surface area contributed by atoms with Gasteiger partial charge in [0.1, 0.15) is 5.69 Å². The minimum atomic E-state index is -0.210. The van der Waals surface area contributed by atoms with Crippen molar-refractivity contribution < 1.29 is 4.79 Å². The number of hydrogen-bond acceptors (Lipinski definition) is 2. The van der Waals surface area contributed by atoms with E-state index < -0.39 is 0 Å². The van der Waals surface area contributed by atoms with E-state index >= 15 is 0 Å². The molecule has 1 aliphatic carbocycles. The number of carbonyl (C=O) groups is 1. The molecule has 1 N–H and O–H groups in total. The predicted octanol–water partition coefficient (Wildman–Crippen LogP) is 4.03. The van der Waals surface area contributed by atoms with E-state index in [0.29, 0.717) is 21.7 Å². The van der Waals surface area contributed by atoms with Gasteiger partial charge >= 0.3 is 0 Å². The van der Waals surface area contributed by atoms with Gasteiger partial charge < -0.3 is 9.88 Å². The second kappa shape index (κ2) is 6.49. The van der Waals surface area contributed by atoms with Crippen molar-refractivity contribution in [3.8, 4) is 0 Å². The lowest BCUT2D eigenvalue weighted by molar-refractivity contribution is -0.117. The average Bonchev–Trinajstić information content (AvgIpc) is 3.32. The highest BCUT2D eigenvalue weighted by molar-refractivity contribution is 9.10. The van der Waals surface area contributed by atoms with E-state index in [1.165, 1.54) is 0 Å². The van der Waals surface area contributed by atoms with Crippen molar-refractivity contribution in [2.75, 3.05) is 5.32 Å². The number of aryl methyl sites for hydroxylation is 1. The fourth-order valence-corrected chi connectivity index (χ4v) is 3.45. The molecule has 4 nitrogen and oxygen atoms in total. The van der Waals surface area contributed by atoms with Gasteiger partial charge in [-0.1, -0.05) is 29.8 Å². The number of nitrogens with one attached hydrogen (secondary N) is 1. The summed E-state index contributed by atoms with van der Waals surface area (Å²) < 4.78 is 2.29. The summed E-state index contributed by atoms with van der Waals surface area (Å²) >= 11 is 9.42. The van der Waals surface area contributed by atoms with Crippen LogP contribution in [0.15, 0.2) is 45.9 Å². The van der Waals surface area contributed by atoms with Crippen LogP contribution in [-0.2, 0) is 11.3 Å². The van der Waals surface area contributed by atoms with Gasteiger partial charge in [-0.05, 0) is 46.8 Å². The molecule has 2 atom stereocenters. The number of rotatable bonds is 4. The largest absolute Gasteiger partial charge is 0.351 e. The van der Waals surface area contributed by atoms with Gasteiger partial charge in [0.15, 0.2) is 0 Å². The summed E-state index contributed by atoms with van der Waals surface area (Å²) in [6.07, 6.45) is 4.13. The lowest BCUT2D eigenvalue weighted by Crippen LogP contribution is -2.22. The Kier molecular flexibility index (Phi) is 4.60. The molecule has 1 aliphatic rings. The van der Waals surface area contributed by atoms with Crippen molar-refractivity contribution in [1.82, 2.24) is 4.57 Å². The first kappa shape index (κ1) is 16.3. The Hall–Kier alpha value is -1.59. The van der Waals surface area contributed by atoms with Crippen LogP contribution in [0.25, 0.3) is 0 Å². The van der Waals surface area contributed by atoms with Crippen molar-refractivity contribution in [2.45, 2.75) is 25.8 Å². The third-order valence-electron chi connectivity index (χ3n) is 4.09. The van der Waals surface area contributed by atoms with E-state index in [0.717, 1.165) is 12.0 Å². The number of hydrogen-bond donors (Lipinski definition) is 1. The lowest BCUT2D eigenvalue weighted by atomic mass is 10.1. The van der Waals surface area contributed by atoms with E-state index in [1.54, 1.807) is 12.4 Å². The van der Waals surface area contributed by atoms with Gasteiger partial charge in [-0.25, -0.2) is 0 Å². The van der Waals surface area contributed by atoms with Crippen LogP contribution >= 0.6 is 27.5 Å². The SMILES string of the molecule is CCn1cc(Br)c(=O)c(NC(=O)[C@@H]2C[C@H]2c2ccccc2Cl)c1. The molecule has 1 heterocycles. The average molecular weight is 396 g/mol. The second-order valence-electron chi connectivity index (χ2n) is 5.64. The number of halogens is 2. The van der Waals surface area contributed by atoms with E-state index in [2.05, 4.69) is 21.2 Å². The first-order chi connectivity index (χ1) is 11.0. The highest BCUT2D eigenvalue weighted by Gasteiger charge is 2.44. The molecular formula is C17H16BrClN2O2. The molecule has 3 rings (SSSR count). The van der Waals surface area contributed by atoms with Gasteiger partial charge in [-0.3, -0.25) is 9.59 Å². The van der Waals surface area contributed by atoms with Crippen LogP contribution in [0.2, 0.25) is 5.02 Å². The topological polar surface area (TPSA) is 51.1 Å². The Morgan fingerprint density at radius 3 is 2.83 bits per heavy atom. The first-order valence-electron chi connectivity index (χ1n) is 7.46. The predicted molar refractivity (Wildman–Crippen MR) is 95.0 cm³/mol. The molecule has 1 saturated carbocycles. The first-order valence-corrected chi connectivity index (χ1v) is 8.63. The zero-order valence-electron chi connectivity index (χ0n) is 12.6. The highest BCUT2D eigenvalue weighted by Crippen LogP contribution is 2.49. The highest BCUT2D eigenvalue weighted by atomic mass is 79.9. The molecule has 1 fully saturated rings.